The maximum atomic E-state index is 8.55. The first kappa shape index (κ1) is 11.1. The summed E-state index contributed by atoms with van der Waals surface area (Å²) in [5, 5.41) is 8.55. The second-order valence-corrected chi connectivity index (χ2v) is 4.08. The smallest absolute Gasteiger partial charge is 0.162 e. The van der Waals surface area contributed by atoms with Gasteiger partial charge in [-0.25, -0.2) is 0 Å². The zero-order valence-corrected chi connectivity index (χ0v) is 9.35. The van der Waals surface area contributed by atoms with Gasteiger partial charge in [0, 0.05) is 6.42 Å². The highest BCUT2D eigenvalue weighted by Crippen LogP contribution is 2.18. The predicted molar refractivity (Wildman–Crippen MR) is 59.7 cm³/mol. The minimum atomic E-state index is -0.194. The first-order chi connectivity index (χ1) is 7.78. The second kappa shape index (κ2) is 5.11. The Morgan fingerprint density at radius 2 is 2.38 bits per heavy atom. The topological polar surface area (TPSA) is 42.2 Å². The molecule has 0 saturated carbocycles. The van der Waals surface area contributed by atoms with Gasteiger partial charge >= 0.3 is 0 Å². The fraction of sp³-hybridized carbons (Fsp3) is 0.462. The normalized spacial score (nSPS) is 24.2. The third kappa shape index (κ3) is 2.82. The Kier molecular flexibility index (Phi) is 3.55. The average molecular weight is 217 g/mol. The Bertz CT molecular complexity index is 397. The van der Waals surface area contributed by atoms with Crippen LogP contribution in [0.1, 0.15) is 17.5 Å². The first-order valence-corrected chi connectivity index (χ1v) is 5.47. The largest absolute Gasteiger partial charge is 0.350 e. The lowest BCUT2D eigenvalue weighted by atomic mass is 10.1. The zero-order valence-electron chi connectivity index (χ0n) is 9.35. The highest BCUT2D eigenvalue weighted by molar-refractivity contribution is 5.22. The number of nitriles is 1. The number of hydrogen-bond acceptors (Lipinski definition) is 3. The van der Waals surface area contributed by atoms with E-state index in [1.54, 1.807) is 0 Å². The van der Waals surface area contributed by atoms with E-state index in [1.807, 2.05) is 6.07 Å². The van der Waals surface area contributed by atoms with Crippen LogP contribution in [-0.4, -0.2) is 19.0 Å². The minimum Gasteiger partial charge on any atom is -0.350 e. The van der Waals surface area contributed by atoms with Crippen molar-refractivity contribution in [3.8, 4) is 6.07 Å². The summed E-state index contributed by atoms with van der Waals surface area (Å²) in [5.41, 5.74) is 2.45. The summed E-state index contributed by atoms with van der Waals surface area (Å²) in [6.07, 6.45) is 0.911. The summed E-state index contributed by atoms with van der Waals surface area (Å²) in [5.74, 6) is 0. The van der Waals surface area contributed by atoms with Crippen LogP contribution in [0.5, 0.6) is 0 Å². The maximum absolute atomic E-state index is 8.55. The molecule has 1 aromatic rings. The fourth-order valence-corrected chi connectivity index (χ4v) is 1.86. The first-order valence-electron chi connectivity index (χ1n) is 5.47. The van der Waals surface area contributed by atoms with Crippen LogP contribution in [0, 0.1) is 18.3 Å². The monoisotopic (exact) mass is 217 g/mol. The molecule has 0 aromatic heterocycles. The molecule has 0 N–H and O–H groups in total. The molecular formula is C13H15NO2. The van der Waals surface area contributed by atoms with Crippen LogP contribution in [0.15, 0.2) is 24.3 Å². The number of aryl methyl sites for hydroxylation is 1. The molecule has 84 valence electrons. The Morgan fingerprint density at radius 3 is 3.12 bits per heavy atom. The van der Waals surface area contributed by atoms with Crippen molar-refractivity contribution >= 4 is 0 Å². The van der Waals surface area contributed by atoms with Crippen LogP contribution >= 0.6 is 0 Å². The van der Waals surface area contributed by atoms with Crippen molar-refractivity contribution in [3.05, 3.63) is 35.4 Å². The predicted octanol–water partition coefficient (Wildman–Crippen LogP) is 2.19. The van der Waals surface area contributed by atoms with Gasteiger partial charge in [0.15, 0.2) is 6.29 Å². The Hall–Kier alpha value is -1.37. The summed E-state index contributed by atoms with van der Waals surface area (Å²) < 4.78 is 11.1. The Labute approximate surface area is 95.6 Å². The molecule has 1 aliphatic heterocycles. The van der Waals surface area contributed by atoms with Crippen molar-refractivity contribution in [2.75, 3.05) is 6.61 Å². The molecule has 1 aromatic carbocycles. The van der Waals surface area contributed by atoms with Gasteiger partial charge in [-0.1, -0.05) is 29.8 Å². The molecule has 0 spiro atoms. The van der Waals surface area contributed by atoms with Crippen molar-refractivity contribution in [1.82, 2.24) is 0 Å². The summed E-state index contributed by atoms with van der Waals surface area (Å²) in [6, 6.07) is 10.4. The van der Waals surface area contributed by atoms with Crippen LogP contribution in [0.2, 0.25) is 0 Å². The molecule has 2 unspecified atom stereocenters. The molecule has 0 radical (unpaired) electrons. The van der Waals surface area contributed by atoms with Gasteiger partial charge in [0.05, 0.1) is 25.2 Å². The Balaban J connectivity index is 1.90. The van der Waals surface area contributed by atoms with E-state index in [2.05, 4.69) is 31.2 Å². The van der Waals surface area contributed by atoms with E-state index < -0.39 is 0 Å². The van der Waals surface area contributed by atoms with E-state index in [9.17, 15) is 0 Å². The maximum Gasteiger partial charge on any atom is 0.162 e. The number of rotatable bonds is 3. The quantitative estimate of drug-likeness (QED) is 0.779. The van der Waals surface area contributed by atoms with E-state index >= 15 is 0 Å². The molecule has 0 amide bonds. The summed E-state index contributed by atoms with van der Waals surface area (Å²) in [4.78, 5) is 0. The van der Waals surface area contributed by atoms with Gasteiger partial charge in [-0.15, -0.1) is 0 Å². The molecule has 16 heavy (non-hydrogen) atoms. The van der Waals surface area contributed by atoms with Crippen molar-refractivity contribution in [1.29, 1.82) is 5.26 Å². The second-order valence-electron chi connectivity index (χ2n) is 4.08. The number of benzene rings is 1. The molecule has 1 heterocycles. The van der Waals surface area contributed by atoms with Crippen LogP contribution in [0.4, 0.5) is 0 Å². The molecule has 0 bridgehead atoms. The lowest BCUT2D eigenvalue weighted by Crippen LogP contribution is -2.14. The third-order valence-electron chi connectivity index (χ3n) is 2.62. The summed E-state index contributed by atoms with van der Waals surface area (Å²) in [6.45, 7) is 2.60. The van der Waals surface area contributed by atoms with Crippen molar-refractivity contribution in [3.63, 3.8) is 0 Å². The van der Waals surface area contributed by atoms with E-state index in [-0.39, 0.29) is 12.4 Å². The summed E-state index contributed by atoms with van der Waals surface area (Å²) in [7, 11) is 0. The van der Waals surface area contributed by atoms with Crippen LogP contribution < -0.4 is 0 Å². The van der Waals surface area contributed by atoms with Crippen molar-refractivity contribution in [2.24, 2.45) is 0 Å². The number of nitrogens with zero attached hydrogens (tertiary/aromatic N) is 1. The highest BCUT2D eigenvalue weighted by atomic mass is 16.7. The van der Waals surface area contributed by atoms with E-state index in [1.165, 1.54) is 11.1 Å². The minimum absolute atomic E-state index is 0.0557. The van der Waals surface area contributed by atoms with Gasteiger partial charge in [-0.3, -0.25) is 0 Å². The van der Waals surface area contributed by atoms with Gasteiger partial charge in [0.2, 0.25) is 0 Å². The fourth-order valence-electron chi connectivity index (χ4n) is 1.86. The zero-order chi connectivity index (χ0) is 11.4. The molecule has 2 rings (SSSR count). The van der Waals surface area contributed by atoms with Gasteiger partial charge < -0.3 is 9.47 Å². The third-order valence-corrected chi connectivity index (χ3v) is 2.62. The standard InChI is InChI=1S/C13H15NO2/c1-10-3-2-4-11(7-10)8-13-15-9-12(16-13)5-6-14/h2-4,7,12-13H,5,8-9H2,1H3. The Morgan fingerprint density at radius 1 is 1.50 bits per heavy atom. The molecule has 1 saturated heterocycles. The SMILES string of the molecule is Cc1cccc(CC2OCC(CC#N)O2)c1. The summed E-state index contributed by atoms with van der Waals surface area (Å²) >= 11 is 0. The molecule has 3 nitrogen and oxygen atoms in total. The molecule has 0 aliphatic carbocycles. The molecular weight excluding hydrogens is 202 g/mol. The van der Waals surface area contributed by atoms with E-state index in [0.29, 0.717) is 13.0 Å². The average Bonchev–Trinajstić information content (AvgIpc) is 2.66. The van der Waals surface area contributed by atoms with Crippen LogP contribution in [0.3, 0.4) is 0 Å². The molecule has 1 fully saturated rings. The van der Waals surface area contributed by atoms with Gasteiger partial charge in [-0.2, -0.15) is 5.26 Å². The number of ether oxygens (including phenoxy) is 2. The highest BCUT2D eigenvalue weighted by Gasteiger charge is 2.25. The van der Waals surface area contributed by atoms with Gasteiger partial charge in [0.25, 0.3) is 0 Å². The lowest BCUT2D eigenvalue weighted by molar-refractivity contribution is -0.0548. The van der Waals surface area contributed by atoms with Crippen molar-refractivity contribution in [2.45, 2.75) is 32.2 Å². The van der Waals surface area contributed by atoms with Gasteiger partial charge in [-0.05, 0) is 12.5 Å². The van der Waals surface area contributed by atoms with Crippen LogP contribution in [0.25, 0.3) is 0 Å². The molecule has 3 heteroatoms. The lowest BCUT2D eigenvalue weighted by Gasteiger charge is -2.10. The number of hydrogen-bond donors (Lipinski definition) is 0. The van der Waals surface area contributed by atoms with Crippen LogP contribution in [-0.2, 0) is 15.9 Å². The van der Waals surface area contributed by atoms with E-state index in [4.69, 9.17) is 14.7 Å². The van der Waals surface area contributed by atoms with Gasteiger partial charge in [0.1, 0.15) is 0 Å². The van der Waals surface area contributed by atoms with Crippen molar-refractivity contribution < 1.29 is 9.47 Å². The van der Waals surface area contributed by atoms with E-state index in [0.717, 1.165) is 6.42 Å². The molecule has 1 aliphatic rings. The molecule has 2 atom stereocenters.